The molecule has 9 nitrogen and oxygen atoms in total. The van der Waals surface area contributed by atoms with Gasteiger partial charge in [-0.1, -0.05) is 27.7 Å². The quantitative estimate of drug-likeness (QED) is 0.498. The van der Waals surface area contributed by atoms with Gasteiger partial charge in [-0.05, 0) is 54.9 Å². The van der Waals surface area contributed by atoms with Crippen LogP contribution in [0.15, 0.2) is 16.8 Å². The lowest BCUT2D eigenvalue weighted by Crippen LogP contribution is -2.66. The van der Waals surface area contributed by atoms with E-state index < -0.39 is 4.92 Å². The molecule has 0 aliphatic carbocycles. The lowest BCUT2D eigenvalue weighted by Gasteiger charge is -2.58. The summed E-state index contributed by atoms with van der Waals surface area (Å²) in [6.07, 6.45) is 5.69. The van der Waals surface area contributed by atoms with Crippen LogP contribution in [0.4, 0.5) is 11.4 Å². The minimum Gasteiger partial charge on any atom is -0.380 e. The number of fused-ring (bicyclic) bond motifs is 1. The van der Waals surface area contributed by atoms with Crippen molar-refractivity contribution in [3.63, 3.8) is 0 Å². The summed E-state index contributed by atoms with van der Waals surface area (Å²) in [6.45, 7) is 8.83. The number of rotatable bonds is 8. The number of hydrogen-bond donors (Lipinski definition) is 1. The van der Waals surface area contributed by atoms with E-state index in [1.807, 2.05) is 0 Å². The standard InChI is InChI=1S/C20H31N5O4/c1-6-19(7-2)12-14(13-20(8-3,9-4)25(19)28-5)21-15-10-11-16(24(26)27)18-17(15)22-29-23-18/h10-11,14,21H,6-9,12-13H2,1-5H3. The monoisotopic (exact) mass is 405 g/mol. The van der Waals surface area contributed by atoms with E-state index in [1.165, 1.54) is 6.07 Å². The molecule has 1 aliphatic heterocycles. The van der Waals surface area contributed by atoms with Crippen LogP contribution in [0.25, 0.3) is 11.0 Å². The molecule has 1 aliphatic rings. The molecule has 0 amide bonds. The Hall–Kier alpha value is -2.26. The molecular formula is C20H31N5O4. The highest BCUT2D eigenvalue weighted by molar-refractivity contribution is 5.93. The molecule has 9 heteroatoms. The van der Waals surface area contributed by atoms with Crippen LogP contribution in [0.5, 0.6) is 0 Å². The van der Waals surface area contributed by atoms with Crippen molar-refractivity contribution in [3.05, 3.63) is 22.2 Å². The van der Waals surface area contributed by atoms with Crippen molar-refractivity contribution in [2.24, 2.45) is 0 Å². The van der Waals surface area contributed by atoms with E-state index in [0.717, 1.165) is 38.5 Å². The van der Waals surface area contributed by atoms with E-state index in [-0.39, 0.29) is 28.3 Å². The molecule has 29 heavy (non-hydrogen) atoms. The van der Waals surface area contributed by atoms with E-state index in [2.05, 4.69) is 48.4 Å². The van der Waals surface area contributed by atoms with E-state index in [1.54, 1.807) is 13.2 Å². The molecular weight excluding hydrogens is 374 g/mol. The summed E-state index contributed by atoms with van der Waals surface area (Å²) >= 11 is 0. The van der Waals surface area contributed by atoms with E-state index in [0.29, 0.717) is 11.2 Å². The maximum Gasteiger partial charge on any atom is 0.300 e. The summed E-state index contributed by atoms with van der Waals surface area (Å²) in [4.78, 5) is 16.8. The first-order valence-electron chi connectivity index (χ1n) is 10.4. The number of benzene rings is 1. The van der Waals surface area contributed by atoms with Gasteiger partial charge in [0.05, 0.1) is 17.7 Å². The molecule has 1 saturated heterocycles. The van der Waals surface area contributed by atoms with Crippen LogP contribution < -0.4 is 5.32 Å². The van der Waals surface area contributed by atoms with E-state index in [9.17, 15) is 10.1 Å². The molecule has 1 fully saturated rings. The second kappa shape index (κ2) is 8.23. The Labute approximate surface area is 170 Å². The number of aromatic nitrogens is 2. The average molecular weight is 405 g/mol. The van der Waals surface area contributed by atoms with Crippen molar-refractivity contribution in [2.75, 3.05) is 12.4 Å². The summed E-state index contributed by atoms with van der Waals surface area (Å²) in [5.74, 6) is 0. The van der Waals surface area contributed by atoms with Gasteiger partial charge in [0.15, 0.2) is 5.52 Å². The zero-order valence-corrected chi connectivity index (χ0v) is 17.9. The molecule has 2 heterocycles. The van der Waals surface area contributed by atoms with Crippen LogP contribution >= 0.6 is 0 Å². The number of nitrogens with one attached hydrogen (secondary N) is 1. The van der Waals surface area contributed by atoms with Gasteiger partial charge in [0, 0.05) is 23.2 Å². The normalized spacial score (nSPS) is 19.5. The number of nitrogens with zero attached hydrogens (tertiary/aromatic N) is 4. The predicted molar refractivity (Wildman–Crippen MR) is 111 cm³/mol. The summed E-state index contributed by atoms with van der Waals surface area (Å²) < 4.78 is 4.81. The average Bonchev–Trinajstić information content (AvgIpc) is 3.23. The first kappa shape index (κ1) is 21.4. The van der Waals surface area contributed by atoms with Crippen molar-refractivity contribution < 1.29 is 14.4 Å². The van der Waals surface area contributed by atoms with Gasteiger partial charge in [-0.3, -0.25) is 10.1 Å². The van der Waals surface area contributed by atoms with Gasteiger partial charge in [-0.15, -0.1) is 0 Å². The third-order valence-electron chi connectivity index (χ3n) is 6.88. The highest BCUT2D eigenvalue weighted by atomic mass is 16.7. The molecule has 0 saturated carbocycles. The number of hydroxylamine groups is 2. The fourth-order valence-electron chi connectivity index (χ4n) is 5.14. The van der Waals surface area contributed by atoms with Crippen LogP contribution in [0.2, 0.25) is 0 Å². The van der Waals surface area contributed by atoms with E-state index in [4.69, 9.17) is 9.47 Å². The largest absolute Gasteiger partial charge is 0.380 e. The maximum atomic E-state index is 11.3. The Morgan fingerprint density at radius 1 is 1.14 bits per heavy atom. The molecule has 3 rings (SSSR count). The second-order valence-corrected chi connectivity index (χ2v) is 7.94. The van der Waals surface area contributed by atoms with Gasteiger partial charge in [0.2, 0.25) is 5.52 Å². The van der Waals surface area contributed by atoms with Gasteiger partial charge in [-0.25, -0.2) is 4.63 Å². The fraction of sp³-hybridized carbons (Fsp3) is 0.700. The number of nitro groups is 1. The van der Waals surface area contributed by atoms with Crippen LogP contribution in [-0.2, 0) is 4.84 Å². The van der Waals surface area contributed by atoms with Crippen LogP contribution in [-0.4, -0.2) is 44.5 Å². The molecule has 0 unspecified atom stereocenters. The topological polar surface area (TPSA) is 107 Å². The minimum atomic E-state index is -0.466. The van der Waals surface area contributed by atoms with Gasteiger partial charge >= 0.3 is 5.69 Å². The van der Waals surface area contributed by atoms with Crippen molar-refractivity contribution in [3.8, 4) is 0 Å². The highest BCUT2D eigenvalue weighted by Crippen LogP contribution is 2.47. The second-order valence-electron chi connectivity index (χ2n) is 7.94. The molecule has 1 aromatic heterocycles. The molecule has 1 aromatic carbocycles. The third kappa shape index (κ3) is 3.46. The first-order valence-corrected chi connectivity index (χ1v) is 10.4. The van der Waals surface area contributed by atoms with Crippen LogP contribution in [0.1, 0.15) is 66.2 Å². The SMILES string of the molecule is CCC1(CC)CC(Nc2ccc([N+](=O)[O-])c3nonc23)CC(CC)(CC)N1OC. The Morgan fingerprint density at radius 2 is 1.69 bits per heavy atom. The van der Waals surface area contributed by atoms with Crippen molar-refractivity contribution in [2.45, 2.75) is 83.3 Å². The summed E-state index contributed by atoms with van der Waals surface area (Å²) in [5, 5.41) is 24.8. The van der Waals surface area contributed by atoms with Gasteiger partial charge in [0.1, 0.15) is 0 Å². The molecule has 160 valence electrons. The lowest BCUT2D eigenvalue weighted by atomic mass is 9.71. The van der Waals surface area contributed by atoms with Gasteiger partial charge < -0.3 is 10.2 Å². The van der Waals surface area contributed by atoms with Crippen molar-refractivity contribution in [1.29, 1.82) is 0 Å². The molecule has 0 radical (unpaired) electrons. The van der Waals surface area contributed by atoms with Crippen LogP contribution in [0.3, 0.4) is 0 Å². The number of hydrogen-bond acceptors (Lipinski definition) is 8. The lowest BCUT2D eigenvalue weighted by molar-refractivity contribution is -0.383. The summed E-state index contributed by atoms with van der Waals surface area (Å²) in [7, 11) is 1.77. The fourth-order valence-corrected chi connectivity index (χ4v) is 5.14. The summed E-state index contributed by atoms with van der Waals surface area (Å²) in [6, 6.07) is 3.33. The highest BCUT2D eigenvalue weighted by Gasteiger charge is 2.52. The Kier molecular flexibility index (Phi) is 6.09. The number of piperidine rings is 1. The van der Waals surface area contributed by atoms with Gasteiger partial charge in [-0.2, -0.15) is 5.06 Å². The smallest absolute Gasteiger partial charge is 0.300 e. The van der Waals surface area contributed by atoms with Gasteiger partial charge in [0.25, 0.3) is 0 Å². The third-order valence-corrected chi connectivity index (χ3v) is 6.88. The number of anilines is 1. The predicted octanol–water partition coefficient (Wildman–Crippen LogP) is 4.69. The van der Waals surface area contributed by atoms with Crippen molar-refractivity contribution in [1.82, 2.24) is 15.4 Å². The molecule has 0 spiro atoms. The summed E-state index contributed by atoms with van der Waals surface area (Å²) in [5.41, 5.74) is 1.00. The number of nitro benzene ring substituents is 1. The van der Waals surface area contributed by atoms with Crippen LogP contribution in [0, 0.1) is 10.1 Å². The molecule has 0 bridgehead atoms. The Balaban J connectivity index is 1.99. The Bertz CT molecular complexity index is 838. The zero-order chi connectivity index (χ0) is 21.2. The first-order chi connectivity index (χ1) is 13.9. The molecule has 2 aromatic rings. The maximum absolute atomic E-state index is 11.3. The van der Waals surface area contributed by atoms with Crippen molar-refractivity contribution >= 4 is 22.4 Å². The molecule has 0 atom stereocenters. The minimum absolute atomic E-state index is 0.0847. The van der Waals surface area contributed by atoms with E-state index >= 15 is 0 Å². The number of non-ortho nitro benzene ring substituents is 1. The molecule has 1 N–H and O–H groups in total. The Morgan fingerprint density at radius 3 is 2.17 bits per heavy atom. The zero-order valence-electron chi connectivity index (χ0n) is 17.9.